The number of esters is 1. The first kappa shape index (κ1) is 14.6. The van der Waals surface area contributed by atoms with Gasteiger partial charge in [-0.2, -0.15) is 0 Å². The maximum atomic E-state index is 12.3. The van der Waals surface area contributed by atoms with Crippen LogP contribution in [0.2, 0.25) is 0 Å². The molecule has 1 aromatic rings. The standard InChI is InChI=1S/C16H21NO3/c1-11-8-9-14(13(10-11)16(19)20-2)17-15(18)12-6-4-3-5-7-12/h8-10,12H,3-7H2,1-2H3,(H,17,18). The van der Waals surface area contributed by atoms with Crippen LogP contribution in [-0.4, -0.2) is 19.0 Å². The summed E-state index contributed by atoms with van der Waals surface area (Å²) in [7, 11) is 1.34. The van der Waals surface area contributed by atoms with Crippen molar-refractivity contribution < 1.29 is 14.3 Å². The van der Waals surface area contributed by atoms with Gasteiger partial charge in [0.25, 0.3) is 0 Å². The molecule has 1 aliphatic carbocycles. The molecular formula is C16H21NO3. The number of hydrogen-bond donors (Lipinski definition) is 1. The number of carbonyl (C=O) groups excluding carboxylic acids is 2. The van der Waals surface area contributed by atoms with Crippen LogP contribution in [0.5, 0.6) is 0 Å². The Morgan fingerprint density at radius 1 is 1.20 bits per heavy atom. The Hall–Kier alpha value is -1.84. The normalized spacial score (nSPS) is 15.7. The molecular weight excluding hydrogens is 254 g/mol. The van der Waals surface area contributed by atoms with Gasteiger partial charge in [-0.05, 0) is 31.9 Å². The lowest BCUT2D eigenvalue weighted by atomic mass is 9.88. The van der Waals surface area contributed by atoms with Crippen molar-refractivity contribution in [3.05, 3.63) is 29.3 Å². The Balaban J connectivity index is 2.15. The van der Waals surface area contributed by atoms with Gasteiger partial charge in [0.05, 0.1) is 18.4 Å². The molecule has 1 aromatic carbocycles. The van der Waals surface area contributed by atoms with Gasteiger partial charge >= 0.3 is 5.97 Å². The van der Waals surface area contributed by atoms with E-state index in [0.717, 1.165) is 31.2 Å². The zero-order valence-electron chi connectivity index (χ0n) is 12.1. The maximum Gasteiger partial charge on any atom is 0.339 e. The van der Waals surface area contributed by atoms with Crippen molar-refractivity contribution in [1.29, 1.82) is 0 Å². The third kappa shape index (κ3) is 3.38. The van der Waals surface area contributed by atoms with Gasteiger partial charge in [-0.25, -0.2) is 4.79 Å². The molecule has 0 aliphatic heterocycles. The summed E-state index contributed by atoms with van der Waals surface area (Å²) in [6.45, 7) is 1.90. The average Bonchev–Trinajstić information content (AvgIpc) is 2.49. The number of amides is 1. The molecule has 2 rings (SSSR count). The topological polar surface area (TPSA) is 55.4 Å². The van der Waals surface area contributed by atoms with Crippen molar-refractivity contribution in [3.63, 3.8) is 0 Å². The van der Waals surface area contributed by atoms with Crippen molar-refractivity contribution in [3.8, 4) is 0 Å². The lowest BCUT2D eigenvalue weighted by molar-refractivity contribution is -0.120. The van der Waals surface area contributed by atoms with Crippen LogP contribution in [0.1, 0.15) is 48.0 Å². The van der Waals surface area contributed by atoms with E-state index in [2.05, 4.69) is 5.32 Å². The van der Waals surface area contributed by atoms with Crippen LogP contribution in [0.25, 0.3) is 0 Å². The highest BCUT2D eigenvalue weighted by molar-refractivity contribution is 6.02. The van der Waals surface area contributed by atoms with Crippen LogP contribution in [0.15, 0.2) is 18.2 Å². The molecule has 4 nitrogen and oxygen atoms in total. The number of carbonyl (C=O) groups is 2. The average molecular weight is 275 g/mol. The second-order valence-corrected chi connectivity index (χ2v) is 5.36. The molecule has 0 bridgehead atoms. The number of nitrogens with one attached hydrogen (secondary N) is 1. The Kier molecular flexibility index (Phi) is 4.77. The zero-order chi connectivity index (χ0) is 14.5. The van der Waals surface area contributed by atoms with E-state index in [1.165, 1.54) is 13.5 Å². The fourth-order valence-corrected chi connectivity index (χ4v) is 2.65. The molecule has 0 spiro atoms. The minimum atomic E-state index is -0.423. The molecule has 0 unspecified atom stereocenters. The maximum absolute atomic E-state index is 12.3. The van der Waals surface area contributed by atoms with Crippen LogP contribution in [0.3, 0.4) is 0 Å². The number of aryl methyl sites for hydroxylation is 1. The fourth-order valence-electron chi connectivity index (χ4n) is 2.65. The van der Waals surface area contributed by atoms with E-state index in [4.69, 9.17) is 4.74 Å². The number of benzene rings is 1. The molecule has 1 N–H and O–H groups in total. The molecule has 1 amide bonds. The number of ether oxygens (including phenoxy) is 1. The van der Waals surface area contributed by atoms with Crippen LogP contribution in [-0.2, 0) is 9.53 Å². The van der Waals surface area contributed by atoms with E-state index >= 15 is 0 Å². The summed E-state index contributed by atoms with van der Waals surface area (Å²) in [6, 6.07) is 5.38. The van der Waals surface area contributed by atoms with Gasteiger partial charge < -0.3 is 10.1 Å². The summed E-state index contributed by atoms with van der Waals surface area (Å²) in [4.78, 5) is 24.0. The Morgan fingerprint density at radius 3 is 2.55 bits per heavy atom. The lowest BCUT2D eigenvalue weighted by Crippen LogP contribution is -2.25. The summed E-state index contributed by atoms with van der Waals surface area (Å²) < 4.78 is 4.77. The minimum absolute atomic E-state index is 0.0127. The smallest absolute Gasteiger partial charge is 0.339 e. The monoisotopic (exact) mass is 275 g/mol. The highest BCUT2D eigenvalue weighted by Crippen LogP contribution is 2.26. The van der Waals surface area contributed by atoms with Gasteiger partial charge in [0.15, 0.2) is 0 Å². The molecule has 1 fully saturated rings. The summed E-state index contributed by atoms with van der Waals surface area (Å²) >= 11 is 0. The molecule has 4 heteroatoms. The van der Waals surface area contributed by atoms with E-state index in [9.17, 15) is 9.59 Å². The van der Waals surface area contributed by atoms with Gasteiger partial charge in [0.2, 0.25) is 5.91 Å². The highest BCUT2D eigenvalue weighted by atomic mass is 16.5. The molecule has 0 heterocycles. The second kappa shape index (κ2) is 6.55. The van der Waals surface area contributed by atoms with Crippen molar-refractivity contribution in [1.82, 2.24) is 0 Å². The summed E-state index contributed by atoms with van der Waals surface area (Å²) in [5.74, 6) is -0.345. The number of methoxy groups -OCH3 is 1. The third-order valence-electron chi connectivity index (χ3n) is 3.81. The SMILES string of the molecule is COC(=O)c1cc(C)ccc1NC(=O)C1CCCCC1. The number of anilines is 1. The molecule has 1 aliphatic rings. The van der Waals surface area contributed by atoms with Gasteiger partial charge in [-0.1, -0.05) is 30.9 Å². The largest absolute Gasteiger partial charge is 0.465 e. The first-order valence-electron chi connectivity index (χ1n) is 7.11. The fraction of sp³-hybridized carbons (Fsp3) is 0.500. The van der Waals surface area contributed by atoms with Crippen LogP contribution in [0, 0.1) is 12.8 Å². The van der Waals surface area contributed by atoms with E-state index in [0.29, 0.717) is 11.3 Å². The molecule has 1 saturated carbocycles. The Labute approximate surface area is 119 Å². The molecule has 20 heavy (non-hydrogen) atoms. The Bertz CT molecular complexity index is 504. The van der Waals surface area contributed by atoms with E-state index < -0.39 is 5.97 Å². The number of hydrogen-bond acceptors (Lipinski definition) is 3. The van der Waals surface area contributed by atoms with Gasteiger partial charge in [0.1, 0.15) is 0 Å². The van der Waals surface area contributed by atoms with Crippen LogP contribution in [0.4, 0.5) is 5.69 Å². The van der Waals surface area contributed by atoms with Crippen molar-refractivity contribution >= 4 is 17.6 Å². The Morgan fingerprint density at radius 2 is 1.90 bits per heavy atom. The summed E-state index contributed by atoms with van der Waals surface area (Å²) in [5, 5.41) is 2.88. The number of rotatable bonds is 3. The summed E-state index contributed by atoms with van der Waals surface area (Å²) in [5.41, 5.74) is 1.91. The van der Waals surface area contributed by atoms with Crippen LogP contribution >= 0.6 is 0 Å². The van der Waals surface area contributed by atoms with E-state index in [-0.39, 0.29) is 11.8 Å². The molecule has 0 atom stereocenters. The zero-order valence-corrected chi connectivity index (χ0v) is 12.1. The quantitative estimate of drug-likeness (QED) is 0.861. The van der Waals surface area contributed by atoms with Gasteiger partial charge in [-0.15, -0.1) is 0 Å². The van der Waals surface area contributed by atoms with Gasteiger partial charge in [-0.3, -0.25) is 4.79 Å². The van der Waals surface area contributed by atoms with Crippen molar-refractivity contribution in [2.24, 2.45) is 5.92 Å². The van der Waals surface area contributed by atoms with Gasteiger partial charge in [0, 0.05) is 5.92 Å². The third-order valence-corrected chi connectivity index (χ3v) is 3.81. The molecule has 0 radical (unpaired) electrons. The first-order chi connectivity index (χ1) is 9.61. The molecule has 108 valence electrons. The predicted molar refractivity (Wildman–Crippen MR) is 77.7 cm³/mol. The van der Waals surface area contributed by atoms with Crippen LogP contribution < -0.4 is 5.32 Å². The summed E-state index contributed by atoms with van der Waals surface area (Å²) in [6.07, 6.45) is 5.30. The van der Waals surface area contributed by atoms with E-state index in [1.807, 2.05) is 13.0 Å². The highest BCUT2D eigenvalue weighted by Gasteiger charge is 2.22. The van der Waals surface area contributed by atoms with Crippen molar-refractivity contribution in [2.45, 2.75) is 39.0 Å². The second-order valence-electron chi connectivity index (χ2n) is 5.36. The predicted octanol–water partition coefficient (Wildman–Crippen LogP) is 3.30. The van der Waals surface area contributed by atoms with E-state index in [1.54, 1.807) is 12.1 Å². The minimum Gasteiger partial charge on any atom is -0.465 e. The lowest BCUT2D eigenvalue weighted by Gasteiger charge is -2.21. The first-order valence-corrected chi connectivity index (χ1v) is 7.11. The molecule has 0 aromatic heterocycles. The van der Waals surface area contributed by atoms with Crippen molar-refractivity contribution in [2.75, 3.05) is 12.4 Å². The molecule has 0 saturated heterocycles.